The van der Waals surface area contributed by atoms with Crippen LogP contribution < -0.4 is 10.5 Å². The first-order chi connectivity index (χ1) is 9.72. The van der Waals surface area contributed by atoms with Gasteiger partial charge in [-0.25, -0.2) is 13.1 Å². The van der Waals surface area contributed by atoms with E-state index >= 15 is 0 Å². The van der Waals surface area contributed by atoms with E-state index < -0.39 is 10.0 Å². The zero-order chi connectivity index (χ0) is 15.8. The standard InChI is InChI=1S/C14H22ClN3O2S/c1-9(18(3)12-4-5-12)8-17-21(19,20)14-7-11(15)6-13(16)10(14)2/h6-7,9,12,17H,4-5,8,16H2,1-3H3. The third-order valence-electron chi connectivity index (χ3n) is 4.04. The zero-order valence-corrected chi connectivity index (χ0v) is 14.1. The Bertz CT molecular complexity index is 629. The summed E-state index contributed by atoms with van der Waals surface area (Å²) in [5, 5.41) is 0.321. The van der Waals surface area contributed by atoms with E-state index in [9.17, 15) is 8.42 Å². The largest absolute Gasteiger partial charge is 0.398 e. The molecule has 0 aliphatic heterocycles. The molecule has 1 atom stereocenters. The number of halogens is 1. The van der Waals surface area contributed by atoms with Gasteiger partial charge in [0.25, 0.3) is 0 Å². The quantitative estimate of drug-likeness (QED) is 0.782. The fraction of sp³-hybridized carbons (Fsp3) is 0.571. The minimum atomic E-state index is -3.61. The number of rotatable bonds is 6. The Labute approximate surface area is 131 Å². The van der Waals surface area contributed by atoms with E-state index in [1.165, 1.54) is 18.9 Å². The average molecular weight is 332 g/mol. The lowest BCUT2D eigenvalue weighted by Gasteiger charge is -2.24. The lowest BCUT2D eigenvalue weighted by molar-refractivity contribution is 0.248. The normalized spacial score (nSPS) is 17.2. The van der Waals surface area contributed by atoms with Crippen molar-refractivity contribution in [3.63, 3.8) is 0 Å². The Morgan fingerprint density at radius 2 is 2.10 bits per heavy atom. The second kappa shape index (κ2) is 6.12. The van der Waals surface area contributed by atoms with Crippen molar-refractivity contribution < 1.29 is 8.42 Å². The number of benzene rings is 1. The highest BCUT2D eigenvalue weighted by molar-refractivity contribution is 7.89. The molecule has 1 fully saturated rings. The van der Waals surface area contributed by atoms with Crippen LogP contribution in [0.1, 0.15) is 25.3 Å². The van der Waals surface area contributed by atoms with Crippen molar-refractivity contribution in [2.45, 2.75) is 43.7 Å². The number of nitrogens with one attached hydrogen (secondary N) is 1. The van der Waals surface area contributed by atoms with Crippen LogP contribution >= 0.6 is 11.6 Å². The molecule has 7 heteroatoms. The summed E-state index contributed by atoms with van der Waals surface area (Å²) < 4.78 is 27.5. The van der Waals surface area contributed by atoms with Gasteiger partial charge in [0.1, 0.15) is 0 Å². The van der Waals surface area contributed by atoms with E-state index in [-0.39, 0.29) is 10.9 Å². The van der Waals surface area contributed by atoms with Crippen LogP contribution in [-0.4, -0.2) is 39.0 Å². The number of nitrogens with two attached hydrogens (primary N) is 1. The average Bonchev–Trinajstić information content (AvgIpc) is 3.23. The summed E-state index contributed by atoms with van der Waals surface area (Å²) in [6.45, 7) is 4.06. The number of anilines is 1. The summed E-state index contributed by atoms with van der Waals surface area (Å²) in [6, 6.07) is 3.72. The molecule has 5 nitrogen and oxygen atoms in total. The van der Waals surface area contributed by atoms with E-state index in [1.807, 2.05) is 14.0 Å². The molecular formula is C14H22ClN3O2S. The summed E-state index contributed by atoms with van der Waals surface area (Å²) in [5.74, 6) is 0. The molecule has 1 aliphatic carbocycles. The van der Waals surface area contributed by atoms with Crippen molar-refractivity contribution in [1.82, 2.24) is 9.62 Å². The van der Waals surface area contributed by atoms with Gasteiger partial charge in [0.2, 0.25) is 10.0 Å². The zero-order valence-electron chi connectivity index (χ0n) is 12.6. The van der Waals surface area contributed by atoms with Crippen molar-refractivity contribution >= 4 is 27.3 Å². The lowest BCUT2D eigenvalue weighted by Crippen LogP contribution is -2.41. The molecule has 0 aromatic heterocycles. The van der Waals surface area contributed by atoms with Gasteiger partial charge in [-0.1, -0.05) is 11.6 Å². The first-order valence-corrected chi connectivity index (χ1v) is 8.85. The fourth-order valence-corrected chi connectivity index (χ4v) is 3.96. The van der Waals surface area contributed by atoms with Crippen LogP contribution in [-0.2, 0) is 10.0 Å². The van der Waals surface area contributed by atoms with Crippen LogP contribution in [0.4, 0.5) is 5.69 Å². The van der Waals surface area contributed by atoms with Gasteiger partial charge in [0.05, 0.1) is 4.90 Å². The molecule has 1 aliphatic rings. The van der Waals surface area contributed by atoms with Crippen molar-refractivity contribution in [3.05, 3.63) is 22.7 Å². The Morgan fingerprint density at radius 3 is 2.67 bits per heavy atom. The number of nitrogen functional groups attached to an aromatic ring is 1. The van der Waals surface area contributed by atoms with Gasteiger partial charge in [-0.2, -0.15) is 0 Å². The molecule has 0 amide bonds. The number of hydrogen-bond acceptors (Lipinski definition) is 4. The van der Waals surface area contributed by atoms with Crippen LogP contribution in [0.2, 0.25) is 5.02 Å². The van der Waals surface area contributed by atoms with Crippen molar-refractivity contribution in [2.24, 2.45) is 0 Å². The molecule has 118 valence electrons. The van der Waals surface area contributed by atoms with Gasteiger partial charge in [-0.15, -0.1) is 0 Å². The second-order valence-electron chi connectivity index (χ2n) is 5.72. The molecule has 1 unspecified atom stereocenters. The SMILES string of the molecule is Cc1c(N)cc(Cl)cc1S(=O)(=O)NCC(C)N(C)C1CC1. The highest BCUT2D eigenvalue weighted by Crippen LogP contribution is 2.28. The first kappa shape index (κ1) is 16.5. The molecular weight excluding hydrogens is 310 g/mol. The molecule has 1 aromatic carbocycles. The van der Waals surface area contributed by atoms with Gasteiger partial charge in [0.15, 0.2) is 0 Å². The summed E-state index contributed by atoms with van der Waals surface area (Å²) in [7, 11) is -1.58. The molecule has 1 aromatic rings. The summed E-state index contributed by atoms with van der Waals surface area (Å²) in [4.78, 5) is 2.36. The molecule has 3 N–H and O–H groups in total. The van der Waals surface area contributed by atoms with E-state index in [0.29, 0.717) is 28.9 Å². The molecule has 2 rings (SSSR count). The Balaban J connectivity index is 2.11. The molecule has 21 heavy (non-hydrogen) atoms. The van der Waals surface area contributed by atoms with E-state index in [2.05, 4.69) is 9.62 Å². The molecule has 0 radical (unpaired) electrons. The maximum absolute atomic E-state index is 12.4. The van der Waals surface area contributed by atoms with Crippen LogP contribution in [0.15, 0.2) is 17.0 Å². The van der Waals surface area contributed by atoms with Gasteiger partial charge in [0, 0.05) is 29.3 Å². The van der Waals surface area contributed by atoms with Crippen molar-refractivity contribution in [2.75, 3.05) is 19.3 Å². The Kier molecular flexibility index (Phi) is 4.82. The topological polar surface area (TPSA) is 75.4 Å². The number of hydrogen-bond donors (Lipinski definition) is 2. The predicted octanol–water partition coefficient (Wildman–Crippen LogP) is 1.99. The van der Waals surface area contributed by atoms with E-state index in [0.717, 1.165) is 0 Å². The Morgan fingerprint density at radius 1 is 1.48 bits per heavy atom. The van der Waals surface area contributed by atoms with Gasteiger partial charge >= 0.3 is 0 Å². The smallest absolute Gasteiger partial charge is 0.241 e. The molecule has 0 spiro atoms. The molecule has 0 heterocycles. The van der Waals surface area contributed by atoms with Crippen LogP contribution in [0, 0.1) is 6.92 Å². The van der Waals surface area contributed by atoms with Gasteiger partial charge in [-0.3, -0.25) is 4.90 Å². The second-order valence-corrected chi connectivity index (χ2v) is 7.89. The Hall–Kier alpha value is -0.820. The number of sulfonamides is 1. The summed E-state index contributed by atoms with van der Waals surface area (Å²) in [5.41, 5.74) is 6.69. The highest BCUT2D eigenvalue weighted by Gasteiger charge is 2.30. The van der Waals surface area contributed by atoms with Crippen molar-refractivity contribution in [3.8, 4) is 0 Å². The van der Waals surface area contributed by atoms with Crippen LogP contribution in [0.5, 0.6) is 0 Å². The molecule has 0 saturated heterocycles. The fourth-order valence-electron chi connectivity index (χ4n) is 2.25. The lowest BCUT2D eigenvalue weighted by atomic mass is 10.2. The molecule has 0 bridgehead atoms. The third-order valence-corrected chi connectivity index (χ3v) is 5.81. The number of nitrogens with zero attached hydrogens (tertiary/aromatic N) is 1. The van der Waals surface area contributed by atoms with Crippen LogP contribution in [0.3, 0.4) is 0 Å². The summed E-state index contributed by atoms with van der Waals surface area (Å²) >= 11 is 5.91. The van der Waals surface area contributed by atoms with Gasteiger partial charge in [-0.05, 0) is 51.4 Å². The van der Waals surface area contributed by atoms with E-state index in [1.54, 1.807) is 13.0 Å². The van der Waals surface area contributed by atoms with Crippen molar-refractivity contribution in [1.29, 1.82) is 0 Å². The highest BCUT2D eigenvalue weighted by atomic mass is 35.5. The third kappa shape index (κ3) is 3.88. The predicted molar refractivity (Wildman–Crippen MR) is 86.0 cm³/mol. The van der Waals surface area contributed by atoms with E-state index in [4.69, 9.17) is 17.3 Å². The molecule has 1 saturated carbocycles. The summed E-state index contributed by atoms with van der Waals surface area (Å²) in [6.07, 6.45) is 2.38. The minimum absolute atomic E-state index is 0.143. The van der Waals surface area contributed by atoms with Crippen LogP contribution in [0.25, 0.3) is 0 Å². The maximum Gasteiger partial charge on any atom is 0.241 e. The first-order valence-electron chi connectivity index (χ1n) is 6.99. The maximum atomic E-state index is 12.4. The van der Waals surface area contributed by atoms with Gasteiger partial charge < -0.3 is 5.73 Å². The minimum Gasteiger partial charge on any atom is -0.398 e. The number of likely N-dealkylation sites (N-methyl/N-ethyl adjacent to an activating group) is 1. The monoisotopic (exact) mass is 331 g/mol.